The van der Waals surface area contributed by atoms with Crippen LogP contribution in [0.15, 0.2) is 24.3 Å². The Kier molecular flexibility index (Phi) is 4.04. The van der Waals surface area contributed by atoms with E-state index in [0.29, 0.717) is 36.3 Å². The predicted molar refractivity (Wildman–Crippen MR) is 80.3 cm³/mol. The van der Waals surface area contributed by atoms with Crippen LogP contribution in [-0.2, 0) is 10.0 Å². The average molecular weight is 315 g/mol. The fraction of sp³-hybridized carbons (Fsp3) is 0.571. The van der Waals surface area contributed by atoms with E-state index in [1.165, 1.54) is 0 Å². The zero-order valence-corrected chi connectivity index (χ0v) is 12.8. The second kappa shape index (κ2) is 5.64. The maximum Gasteiger partial charge on any atom is 0.215 e. The predicted octanol–water partition coefficient (Wildman–Crippen LogP) is 2.03. The molecule has 0 spiro atoms. The first-order valence-electron chi connectivity index (χ1n) is 7.02. The number of sulfonamides is 1. The highest BCUT2D eigenvalue weighted by atomic mass is 35.5. The number of rotatable bonds is 4. The number of halogens is 1. The zero-order chi connectivity index (χ0) is 14.2. The Morgan fingerprint density at radius 1 is 1.35 bits per heavy atom. The minimum atomic E-state index is -3.18. The van der Waals surface area contributed by atoms with Gasteiger partial charge in [-0.2, -0.15) is 4.31 Å². The molecular weight excluding hydrogens is 296 g/mol. The monoisotopic (exact) mass is 314 g/mol. The Bertz CT molecular complexity index is 587. The Hall–Kier alpha value is -0.620. The molecule has 1 heterocycles. The first kappa shape index (κ1) is 14.3. The summed E-state index contributed by atoms with van der Waals surface area (Å²) in [5, 5.41) is 3.92. The van der Waals surface area contributed by atoms with Crippen molar-refractivity contribution in [1.82, 2.24) is 9.62 Å². The summed E-state index contributed by atoms with van der Waals surface area (Å²) in [6, 6.07) is 7.34. The standard InChI is InChI=1S/C14H19ClN2O2S/c15-13-3-1-2-12(8-13)14-9-16-6-7-17(14)20(18,19)10-11-4-5-11/h1-3,8,11,14,16H,4-7,9-10H2. The van der Waals surface area contributed by atoms with E-state index in [2.05, 4.69) is 5.32 Å². The number of hydrogen-bond donors (Lipinski definition) is 1. The number of benzene rings is 1. The molecule has 1 aliphatic heterocycles. The Morgan fingerprint density at radius 2 is 2.15 bits per heavy atom. The van der Waals surface area contributed by atoms with Crippen LogP contribution in [0.4, 0.5) is 0 Å². The topological polar surface area (TPSA) is 49.4 Å². The SMILES string of the molecule is O=S(=O)(CC1CC1)N1CCNCC1c1cccc(Cl)c1. The maximum absolute atomic E-state index is 12.6. The summed E-state index contributed by atoms with van der Waals surface area (Å²) < 4.78 is 26.8. The van der Waals surface area contributed by atoms with Crippen molar-refractivity contribution in [3.63, 3.8) is 0 Å². The molecule has 0 aromatic heterocycles. The third kappa shape index (κ3) is 3.17. The molecule has 1 aromatic rings. The quantitative estimate of drug-likeness (QED) is 0.925. The van der Waals surface area contributed by atoms with Crippen LogP contribution in [0.25, 0.3) is 0 Å². The van der Waals surface area contributed by atoms with Gasteiger partial charge in [-0.15, -0.1) is 0 Å². The number of piperazine rings is 1. The minimum Gasteiger partial charge on any atom is -0.313 e. The summed E-state index contributed by atoms with van der Waals surface area (Å²) in [5.41, 5.74) is 0.962. The highest BCUT2D eigenvalue weighted by molar-refractivity contribution is 7.89. The molecule has 1 saturated heterocycles. The Labute approximate surface area is 125 Å². The number of nitrogens with zero attached hydrogens (tertiary/aromatic N) is 1. The molecule has 20 heavy (non-hydrogen) atoms. The molecule has 1 saturated carbocycles. The first-order valence-corrected chi connectivity index (χ1v) is 9.01. The minimum absolute atomic E-state index is 0.147. The van der Waals surface area contributed by atoms with Gasteiger partial charge in [-0.25, -0.2) is 8.42 Å². The van der Waals surface area contributed by atoms with Gasteiger partial charge in [0, 0.05) is 24.7 Å². The molecule has 2 fully saturated rings. The fourth-order valence-corrected chi connectivity index (χ4v) is 4.97. The summed E-state index contributed by atoms with van der Waals surface area (Å²) >= 11 is 6.03. The first-order chi connectivity index (χ1) is 9.56. The molecule has 1 aliphatic carbocycles. The van der Waals surface area contributed by atoms with Crippen LogP contribution in [0.5, 0.6) is 0 Å². The van der Waals surface area contributed by atoms with Gasteiger partial charge >= 0.3 is 0 Å². The molecule has 1 atom stereocenters. The second-order valence-electron chi connectivity index (χ2n) is 5.61. The third-order valence-corrected chi connectivity index (χ3v) is 6.21. The van der Waals surface area contributed by atoms with Crippen molar-refractivity contribution >= 4 is 21.6 Å². The molecule has 0 bridgehead atoms. The van der Waals surface area contributed by atoms with Gasteiger partial charge in [0.05, 0.1) is 11.8 Å². The van der Waals surface area contributed by atoms with Gasteiger partial charge in [-0.1, -0.05) is 23.7 Å². The summed E-state index contributed by atoms with van der Waals surface area (Å²) in [4.78, 5) is 0. The van der Waals surface area contributed by atoms with Crippen LogP contribution in [-0.4, -0.2) is 38.1 Å². The molecule has 0 radical (unpaired) electrons. The Balaban J connectivity index is 1.86. The van der Waals surface area contributed by atoms with Gasteiger partial charge < -0.3 is 5.32 Å². The lowest BCUT2D eigenvalue weighted by Gasteiger charge is -2.35. The lowest BCUT2D eigenvalue weighted by atomic mass is 10.1. The van der Waals surface area contributed by atoms with E-state index < -0.39 is 10.0 Å². The van der Waals surface area contributed by atoms with Crippen molar-refractivity contribution < 1.29 is 8.42 Å². The molecule has 6 heteroatoms. The molecule has 3 rings (SSSR count). The van der Waals surface area contributed by atoms with Crippen LogP contribution in [0.3, 0.4) is 0 Å². The molecule has 4 nitrogen and oxygen atoms in total. The molecule has 0 amide bonds. The third-order valence-electron chi connectivity index (χ3n) is 3.93. The zero-order valence-electron chi connectivity index (χ0n) is 11.3. The van der Waals surface area contributed by atoms with Crippen LogP contribution in [0.2, 0.25) is 5.02 Å². The molecular formula is C14H19ClN2O2S. The van der Waals surface area contributed by atoms with Crippen molar-refractivity contribution in [2.24, 2.45) is 5.92 Å². The van der Waals surface area contributed by atoms with E-state index in [4.69, 9.17) is 11.6 Å². The van der Waals surface area contributed by atoms with E-state index in [1.54, 1.807) is 4.31 Å². The molecule has 1 aromatic carbocycles. The lowest BCUT2D eigenvalue weighted by molar-refractivity contribution is 0.271. The van der Waals surface area contributed by atoms with Crippen molar-refractivity contribution in [1.29, 1.82) is 0 Å². The van der Waals surface area contributed by atoms with Crippen LogP contribution >= 0.6 is 11.6 Å². The van der Waals surface area contributed by atoms with Gasteiger partial charge in [0.15, 0.2) is 0 Å². The number of nitrogens with one attached hydrogen (secondary N) is 1. The summed E-state index contributed by atoms with van der Waals surface area (Å²) in [5.74, 6) is 0.666. The van der Waals surface area contributed by atoms with E-state index in [-0.39, 0.29) is 6.04 Å². The van der Waals surface area contributed by atoms with Gasteiger partial charge in [0.1, 0.15) is 0 Å². The largest absolute Gasteiger partial charge is 0.313 e. The van der Waals surface area contributed by atoms with Gasteiger partial charge in [0.25, 0.3) is 0 Å². The second-order valence-corrected chi connectivity index (χ2v) is 8.01. The maximum atomic E-state index is 12.6. The van der Waals surface area contributed by atoms with Crippen molar-refractivity contribution in [2.45, 2.75) is 18.9 Å². The van der Waals surface area contributed by atoms with Crippen molar-refractivity contribution in [3.8, 4) is 0 Å². The van der Waals surface area contributed by atoms with Gasteiger partial charge in [0.2, 0.25) is 10.0 Å². The molecule has 1 N–H and O–H groups in total. The summed E-state index contributed by atoms with van der Waals surface area (Å²) in [6.45, 7) is 1.89. The smallest absolute Gasteiger partial charge is 0.215 e. The van der Waals surface area contributed by atoms with Crippen LogP contribution in [0, 0.1) is 5.92 Å². The van der Waals surface area contributed by atoms with Crippen LogP contribution < -0.4 is 5.32 Å². The van der Waals surface area contributed by atoms with Crippen LogP contribution in [0.1, 0.15) is 24.4 Å². The van der Waals surface area contributed by atoms with Crippen molar-refractivity contribution in [3.05, 3.63) is 34.9 Å². The summed E-state index contributed by atoms with van der Waals surface area (Å²) in [7, 11) is -3.18. The van der Waals surface area contributed by atoms with E-state index in [9.17, 15) is 8.42 Å². The normalized spacial score (nSPS) is 24.8. The molecule has 2 aliphatic rings. The highest BCUT2D eigenvalue weighted by Gasteiger charge is 2.37. The van der Waals surface area contributed by atoms with Crippen molar-refractivity contribution in [2.75, 3.05) is 25.4 Å². The molecule has 110 valence electrons. The molecule has 1 unspecified atom stereocenters. The summed E-state index contributed by atoms with van der Waals surface area (Å²) in [6.07, 6.45) is 2.10. The van der Waals surface area contributed by atoms with Gasteiger partial charge in [-0.3, -0.25) is 0 Å². The van der Waals surface area contributed by atoms with E-state index >= 15 is 0 Å². The number of hydrogen-bond acceptors (Lipinski definition) is 3. The van der Waals surface area contributed by atoms with E-state index in [0.717, 1.165) is 18.4 Å². The fourth-order valence-electron chi connectivity index (χ4n) is 2.69. The average Bonchev–Trinajstić information content (AvgIpc) is 3.22. The lowest BCUT2D eigenvalue weighted by Crippen LogP contribution is -2.49. The van der Waals surface area contributed by atoms with E-state index in [1.807, 2.05) is 24.3 Å². The Morgan fingerprint density at radius 3 is 2.85 bits per heavy atom. The highest BCUT2D eigenvalue weighted by Crippen LogP contribution is 2.34. The van der Waals surface area contributed by atoms with Gasteiger partial charge in [-0.05, 0) is 36.5 Å².